The van der Waals surface area contributed by atoms with Crippen LogP contribution in [0.5, 0.6) is 0 Å². The number of sulfonamides is 1. The Morgan fingerprint density at radius 1 is 1.11 bits per heavy atom. The number of nitrogens with zero attached hydrogens (tertiary/aromatic N) is 3. The fourth-order valence-corrected chi connectivity index (χ4v) is 4.68. The quantitative estimate of drug-likeness (QED) is 0.678. The van der Waals surface area contributed by atoms with Crippen LogP contribution >= 0.6 is 0 Å². The molecule has 3 rings (SSSR count). The molecule has 1 fully saturated rings. The molecule has 0 atom stereocenters. The van der Waals surface area contributed by atoms with Crippen LogP contribution in [-0.4, -0.2) is 53.3 Å². The summed E-state index contributed by atoms with van der Waals surface area (Å²) in [5, 5.41) is 18.2. The summed E-state index contributed by atoms with van der Waals surface area (Å²) in [6, 6.07) is 5.75. The van der Waals surface area contributed by atoms with Gasteiger partial charge in [-0.25, -0.2) is 13.2 Å². The van der Waals surface area contributed by atoms with Crippen molar-refractivity contribution in [3.8, 4) is 0 Å². The molecule has 10 heteroatoms. The second-order valence-electron chi connectivity index (χ2n) is 6.64. The summed E-state index contributed by atoms with van der Waals surface area (Å²) in [4.78, 5) is 12.4. The summed E-state index contributed by atoms with van der Waals surface area (Å²) in [5.41, 5.74) is 0.857. The number of aliphatic hydroxyl groups excluding tert-OH is 1. The summed E-state index contributed by atoms with van der Waals surface area (Å²) in [5.74, 6) is 0. The summed E-state index contributed by atoms with van der Waals surface area (Å²) in [6.07, 6.45) is 6.88. The first-order valence-electron chi connectivity index (χ1n) is 9.30. The number of urea groups is 1. The van der Waals surface area contributed by atoms with Gasteiger partial charge >= 0.3 is 6.03 Å². The Kier molecular flexibility index (Phi) is 6.65. The molecule has 152 valence electrons. The van der Waals surface area contributed by atoms with Crippen LogP contribution in [0.2, 0.25) is 0 Å². The molecule has 0 radical (unpaired) electrons. The van der Waals surface area contributed by atoms with Gasteiger partial charge in [-0.1, -0.05) is 18.9 Å². The van der Waals surface area contributed by atoms with Crippen LogP contribution < -0.4 is 10.6 Å². The van der Waals surface area contributed by atoms with E-state index in [1.54, 1.807) is 24.4 Å². The van der Waals surface area contributed by atoms with Gasteiger partial charge in [0.15, 0.2) is 0 Å². The lowest BCUT2D eigenvalue weighted by Crippen LogP contribution is -2.32. The van der Waals surface area contributed by atoms with E-state index in [0.29, 0.717) is 31.0 Å². The van der Waals surface area contributed by atoms with Crippen molar-refractivity contribution in [2.24, 2.45) is 0 Å². The van der Waals surface area contributed by atoms with E-state index in [4.69, 9.17) is 5.11 Å². The van der Waals surface area contributed by atoms with Crippen molar-refractivity contribution in [1.29, 1.82) is 0 Å². The summed E-state index contributed by atoms with van der Waals surface area (Å²) in [7, 11) is -3.58. The maximum Gasteiger partial charge on any atom is 0.323 e. The lowest BCUT2D eigenvalue weighted by atomic mass is 10.2. The van der Waals surface area contributed by atoms with Crippen LogP contribution in [0.3, 0.4) is 0 Å². The molecular formula is C18H25N5O4S. The van der Waals surface area contributed by atoms with Crippen molar-refractivity contribution < 1.29 is 18.3 Å². The predicted octanol–water partition coefficient (Wildman–Crippen LogP) is 2.08. The maximum atomic E-state index is 12.9. The number of hydrogen-bond acceptors (Lipinski definition) is 5. The predicted molar refractivity (Wildman–Crippen MR) is 106 cm³/mol. The third-order valence-electron chi connectivity index (χ3n) is 4.51. The first-order chi connectivity index (χ1) is 13.5. The Balaban J connectivity index is 1.67. The average Bonchev–Trinajstić information content (AvgIpc) is 2.92. The monoisotopic (exact) mass is 407 g/mol. The highest BCUT2D eigenvalue weighted by molar-refractivity contribution is 7.89. The molecule has 1 aromatic heterocycles. The number of amides is 2. The Morgan fingerprint density at radius 3 is 2.54 bits per heavy atom. The third kappa shape index (κ3) is 5.09. The molecule has 1 aliphatic heterocycles. The molecule has 28 heavy (non-hydrogen) atoms. The smallest absolute Gasteiger partial charge is 0.323 e. The van der Waals surface area contributed by atoms with Crippen molar-refractivity contribution in [3.63, 3.8) is 0 Å². The number of aliphatic hydroxyl groups is 1. The highest BCUT2D eigenvalue weighted by Gasteiger charge is 2.25. The van der Waals surface area contributed by atoms with Gasteiger partial charge in [-0.3, -0.25) is 4.68 Å². The van der Waals surface area contributed by atoms with Gasteiger partial charge in [-0.15, -0.1) is 0 Å². The lowest BCUT2D eigenvalue weighted by Gasteiger charge is -2.20. The van der Waals surface area contributed by atoms with Crippen molar-refractivity contribution in [1.82, 2.24) is 14.1 Å². The second kappa shape index (κ2) is 9.18. The van der Waals surface area contributed by atoms with E-state index in [9.17, 15) is 13.2 Å². The first-order valence-corrected chi connectivity index (χ1v) is 10.7. The largest absolute Gasteiger partial charge is 0.394 e. The normalized spacial score (nSPS) is 15.8. The van der Waals surface area contributed by atoms with Crippen LogP contribution in [0.15, 0.2) is 41.6 Å². The Labute approximate surface area is 164 Å². The fraction of sp³-hybridized carbons (Fsp3) is 0.444. The number of aromatic nitrogens is 2. The molecule has 0 bridgehead atoms. The van der Waals surface area contributed by atoms with Gasteiger partial charge in [0.25, 0.3) is 0 Å². The molecule has 1 saturated heterocycles. The number of hydrogen-bond donors (Lipinski definition) is 3. The number of carbonyl (C=O) groups excluding carboxylic acids is 1. The highest BCUT2D eigenvalue weighted by atomic mass is 32.2. The molecule has 2 heterocycles. The topological polar surface area (TPSA) is 117 Å². The molecule has 0 spiro atoms. The van der Waals surface area contributed by atoms with Crippen LogP contribution in [0.25, 0.3) is 0 Å². The van der Waals surface area contributed by atoms with Gasteiger partial charge in [-0.05, 0) is 31.0 Å². The zero-order valence-corrected chi connectivity index (χ0v) is 16.4. The molecule has 2 aromatic rings. The third-order valence-corrected chi connectivity index (χ3v) is 6.41. The Hall–Kier alpha value is -2.43. The van der Waals surface area contributed by atoms with E-state index in [2.05, 4.69) is 15.7 Å². The van der Waals surface area contributed by atoms with E-state index in [1.165, 1.54) is 21.3 Å². The number of rotatable bonds is 6. The minimum Gasteiger partial charge on any atom is -0.394 e. The average molecular weight is 407 g/mol. The molecule has 0 unspecified atom stereocenters. The van der Waals surface area contributed by atoms with Crippen LogP contribution in [-0.2, 0) is 16.6 Å². The van der Waals surface area contributed by atoms with Gasteiger partial charge < -0.3 is 15.7 Å². The van der Waals surface area contributed by atoms with E-state index in [-0.39, 0.29) is 11.5 Å². The zero-order valence-electron chi connectivity index (χ0n) is 15.5. The number of benzene rings is 1. The van der Waals surface area contributed by atoms with E-state index in [0.717, 1.165) is 25.7 Å². The standard InChI is InChI=1S/C18H25N5O4S/c24-11-10-22-14-16(13-19-22)21-18(25)20-15-6-5-7-17(12-15)28(26,27)23-8-3-1-2-4-9-23/h5-7,12-14,24H,1-4,8-11H2,(H2,20,21,25). The Bertz CT molecular complexity index is 904. The SMILES string of the molecule is O=C(Nc1cccc(S(=O)(=O)N2CCCCCC2)c1)Nc1cnn(CCO)c1. The van der Waals surface area contributed by atoms with Crippen LogP contribution in [0, 0.1) is 0 Å². The van der Waals surface area contributed by atoms with Crippen molar-refractivity contribution in [2.75, 3.05) is 30.3 Å². The summed E-state index contributed by atoms with van der Waals surface area (Å²) in [6.45, 7) is 1.34. The molecule has 9 nitrogen and oxygen atoms in total. The van der Waals surface area contributed by atoms with E-state index >= 15 is 0 Å². The maximum absolute atomic E-state index is 12.9. The zero-order chi connectivity index (χ0) is 20.0. The molecule has 2 amide bonds. The number of nitrogens with one attached hydrogen (secondary N) is 2. The van der Waals surface area contributed by atoms with E-state index in [1.807, 2.05) is 0 Å². The molecule has 1 aliphatic rings. The van der Waals surface area contributed by atoms with Gasteiger partial charge in [0, 0.05) is 25.0 Å². The minimum atomic E-state index is -3.58. The molecule has 0 saturated carbocycles. The summed E-state index contributed by atoms with van der Waals surface area (Å²) >= 11 is 0. The second-order valence-corrected chi connectivity index (χ2v) is 8.58. The molecular weight excluding hydrogens is 382 g/mol. The minimum absolute atomic E-state index is 0.0500. The van der Waals surface area contributed by atoms with Gasteiger partial charge in [0.05, 0.1) is 29.9 Å². The number of anilines is 2. The Morgan fingerprint density at radius 2 is 1.82 bits per heavy atom. The van der Waals surface area contributed by atoms with Crippen molar-refractivity contribution in [3.05, 3.63) is 36.7 Å². The van der Waals surface area contributed by atoms with Crippen molar-refractivity contribution in [2.45, 2.75) is 37.1 Å². The van der Waals surface area contributed by atoms with Crippen molar-refractivity contribution >= 4 is 27.4 Å². The van der Waals surface area contributed by atoms with Gasteiger partial charge in [0.2, 0.25) is 10.0 Å². The van der Waals surface area contributed by atoms with E-state index < -0.39 is 16.1 Å². The molecule has 1 aromatic carbocycles. The first kappa shape index (κ1) is 20.3. The summed E-state index contributed by atoms with van der Waals surface area (Å²) < 4.78 is 28.8. The van der Waals surface area contributed by atoms with Crippen LogP contribution in [0.4, 0.5) is 16.2 Å². The lowest BCUT2D eigenvalue weighted by molar-refractivity contribution is 0.262. The fourth-order valence-electron chi connectivity index (χ4n) is 3.11. The number of carbonyl (C=O) groups is 1. The molecule has 3 N–H and O–H groups in total. The molecule has 0 aliphatic carbocycles. The van der Waals surface area contributed by atoms with Gasteiger partial charge in [-0.2, -0.15) is 9.40 Å². The highest BCUT2D eigenvalue weighted by Crippen LogP contribution is 2.22. The van der Waals surface area contributed by atoms with Crippen LogP contribution in [0.1, 0.15) is 25.7 Å². The van der Waals surface area contributed by atoms with Gasteiger partial charge in [0.1, 0.15) is 0 Å².